The van der Waals surface area contributed by atoms with Gasteiger partial charge in [-0.25, -0.2) is 0 Å². The van der Waals surface area contributed by atoms with Crippen LogP contribution in [0.5, 0.6) is 0 Å². The van der Waals surface area contributed by atoms with E-state index in [4.69, 9.17) is 4.52 Å². The number of rotatable bonds is 6. The lowest BCUT2D eigenvalue weighted by Gasteiger charge is -2.11. The third-order valence-electron chi connectivity index (χ3n) is 4.77. The number of carbonyl (C=O) groups is 1. The molecule has 1 amide bonds. The zero-order chi connectivity index (χ0) is 21.1. The number of aryl methyl sites for hydroxylation is 1. The highest BCUT2D eigenvalue weighted by Gasteiger charge is 2.14. The highest BCUT2D eigenvalue weighted by Crippen LogP contribution is 2.35. The summed E-state index contributed by atoms with van der Waals surface area (Å²) in [6.07, 6.45) is 1.70. The fraction of sp³-hybridized carbons (Fsp3) is 0.182. The molecule has 0 aliphatic carbocycles. The molecule has 4 aromatic rings. The second kappa shape index (κ2) is 8.54. The number of aromatic nitrogens is 4. The summed E-state index contributed by atoms with van der Waals surface area (Å²) in [6.45, 7) is 2.14. The Hall–Kier alpha value is -3.39. The van der Waals surface area contributed by atoms with Crippen molar-refractivity contribution in [1.29, 1.82) is 0 Å². The van der Waals surface area contributed by atoms with Crippen LogP contribution in [0.3, 0.4) is 0 Å². The second-order valence-electron chi connectivity index (χ2n) is 6.84. The van der Waals surface area contributed by atoms with E-state index in [1.165, 1.54) is 0 Å². The maximum absolute atomic E-state index is 11.7. The molecule has 0 fully saturated rings. The normalized spacial score (nSPS) is 12.0. The maximum Gasteiger partial charge on any atom is 0.251 e. The fourth-order valence-electron chi connectivity index (χ4n) is 3.03. The highest BCUT2D eigenvalue weighted by atomic mass is 32.2. The van der Waals surface area contributed by atoms with Gasteiger partial charge >= 0.3 is 0 Å². The predicted octanol–water partition coefficient (Wildman–Crippen LogP) is 4.35. The molecule has 2 aromatic carbocycles. The number of nitrogens with zero attached hydrogens (tertiary/aromatic N) is 4. The van der Waals surface area contributed by atoms with Crippen LogP contribution in [-0.2, 0) is 7.05 Å². The molecular weight excluding hydrogens is 398 g/mol. The Bertz CT molecular complexity index is 1170. The molecule has 4 rings (SSSR count). The summed E-state index contributed by atoms with van der Waals surface area (Å²) in [7, 11) is 3.55. The van der Waals surface area contributed by atoms with Crippen molar-refractivity contribution in [3.63, 3.8) is 0 Å². The number of amides is 1. The third kappa shape index (κ3) is 4.13. The molecule has 2 heterocycles. The van der Waals surface area contributed by atoms with Gasteiger partial charge in [-0.15, -0.1) is 10.2 Å². The number of benzene rings is 2. The minimum Gasteiger partial charge on any atom is -0.356 e. The van der Waals surface area contributed by atoms with Gasteiger partial charge in [0.2, 0.25) is 0 Å². The molecule has 0 spiro atoms. The van der Waals surface area contributed by atoms with Crippen LogP contribution in [0.2, 0.25) is 0 Å². The van der Waals surface area contributed by atoms with Crippen LogP contribution in [0, 0.1) is 0 Å². The molecule has 0 aliphatic heterocycles. The lowest BCUT2D eigenvalue weighted by Crippen LogP contribution is -2.17. The molecule has 7 nitrogen and oxygen atoms in total. The Kier molecular flexibility index (Phi) is 5.67. The van der Waals surface area contributed by atoms with E-state index in [0.29, 0.717) is 11.3 Å². The fourth-order valence-corrected chi connectivity index (χ4v) is 3.94. The minimum atomic E-state index is -0.118. The largest absolute Gasteiger partial charge is 0.356 e. The van der Waals surface area contributed by atoms with E-state index in [1.807, 2.05) is 41.9 Å². The molecular formula is C22H21N5O2S. The first kappa shape index (κ1) is 19.9. The molecule has 2 aromatic heterocycles. The third-order valence-corrected chi connectivity index (χ3v) is 5.98. The van der Waals surface area contributed by atoms with Crippen molar-refractivity contribution in [3.8, 4) is 22.6 Å². The summed E-state index contributed by atoms with van der Waals surface area (Å²) in [5.41, 5.74) is 4.33. The van der Waals surface area contributed by atoms with Gasteiger partial charge in [0.15, 0.2) is 10.9 Å². The SMILES string of the molecule is CNC(=O)c1ccc(-c2cc(-c3cccc([C@H](C)Sc4nncn4C)c3)on2)cc1. The molecule has 30 heavy (non-hydrogen) atoms. The number of carbonyl (C=O) groups excluding carboxylic acids is 1. The smallest absolute Gasteiger partial charge is 0.251 e. The van der Waals surface area contributed by atoms with E-state index in [-0.39, 0.29) is 11.2 Å². The molecule has 152 valence electrons. The van der Waals surface area contributed by atoms with Gasteiger partial charge in [0.05, 0.1) is 0 Å². The summed E-state index contributed by atoms with van der Waals surface area (Å²) in [5.74, 6) is 0.575. The second-order valence-corrected chi connectivity index (χ2v) is 8.15. The summed E-state index contributed by atoms with van der Waals surface area (Å²) in [6, 6.07) is 17.4. The molecule has 0 aliphatic rings. The molecule has 0 saturated carbocycles. The van der Waals surface area contributed by atoms with Crippen LogP contribution >= 0.6 is 11.8 Å². The molecule has 1 N–H and O–H groups in total. The number of hydrogen-bond acceptors (Lipinski definition) is 6. The Morgan fingerprint density at radius 2 is 1.93 bits per heavy atom. The molecule has 0 saturated heterocycles. The summed E-state index contributed by atoms with van der Waals surface area (Å²) in [4.78, 5) is 11.7. The number of hydrogen-bond donors (Lipinski definition) is 1. The summed E-state index contributed by atoms with van der Waals surface area (Å²) >= 11 is 1.65. The molecule has 0 radical (unpaired) electrons. The predicted molar refractivity (Wildman–Crippen MR) is 116 cm³/mol. The van der Waals surface area contributed by atoms with Gasteiger partial charge in [-0.1, -0.05) is 47.3 Å². The van der Waals surface area contributed by atoms with E-state index in [1.54, 1.807) is 37.3 Å². The maximum atomic E-state index is 11.7. The quantitative estimate of drug-likeness (QED) is 0.468. The van der Waals surface area contributed by atoms with Crippen LogP contribution in [0.15, 0.2) is 70.6 Å². The average molecular weight is 420 g/mol. The lowest BCUT2D eigenvalue weighted by atomic mass is 10.0. The van der Waals surface area contributed by atoms with Crippen molar-refractivity contribution < 1.29 is 9.32 Å². The van der Waals surface area contributed by atoms with E-state index >= 15 is 0 Å². The Balaban J connectivity index is 1.54. The van der Waals surface area contributed by atoms with Crippen molar-refractivity contribution in [1.82, 2.24) is 25.2 Å². The molecule has 1 atom stereocenters. The van der Waals surface area contributed by atoms with Crippen molar-refractivity contribution in [2.45, 2.75) is 17.3 Å². The topological polar surface area (TPSA) is 85.8 Å². The van der Waals surface area contributed by atoms with E-state index in [9.17, 15) is 4.79 Å². The van der Waals surface area contributed by atoms with Gasteiger partial charge in [0, 0.05) is 42.1 Å². The number of thioether (sulfide) groups is 1. The van der Waals surface area contributed by atoms with Crippen molar-refractivity contribution in [3.05, 3.63) is 72.1 Å². The van der Waals surface area contributed by atoms with Crippen molar-refractivity contribution in [2.75, 3.05) is 7.05 Å². The zero-order valence-electron chi connectivity index (χ0n) is 16.9. The van der Waals surface area contributed by atoms with Crippen LogP contribution in [0.4, 0.5) is 0 Å². The zero-order valence-corrected chi connectivity index (χ0v) is 17.7. The first-order valence-corrected chi connectivity index (χ1v) is 10.3. The van der Waals surface area contributed by atoms with Crippen LogP contribution in [0.1, 0.15) is 28.1 Å². The highest BCUT2D eigenvalue weighted by molar-refractivity contribution is 7.99. The van der Waals surface area contributed by atoms with Crippen LogP contribution < -0.4 is 5.32 Å². The van der Waals surface area contributed by atoms with Crippen LogP contribution in [0.25, 0.3) is 22.6 Å². The van der Waals surface area contributed by atoms with Gasteiger partial charge in [0.1, 0.15) is 12.0 Å². The summed E-state index contributed by atoms with van der Waals surface area (Å²) < 4.78 is 7.51. The van der Waals surface area contributed by atoms with Crippen molar-refractivity contribution >= 4 is 17.7 Å². The Morgan fingerprint density at radius 1 is 1.13 bits per heavy atom. The Morgan fingerprint density at radius 3 is 2.63 bits per heavy atom. The van der Waals surface area contributed by atoms with E-state index in [0.717, 1.165) is 27.5 Å². The van der Waals surface area contributed by atoms with E-state index < -0.39 is 0 Å². The van der Waals surface area contributed by atoms with Gasteiger partial charge in [-0.2, -0.15) is 0 Å². The van der Waals surface area contributed by atoms with E-state index in [2.05, 4.69) is 39.7 Å². The lowest BCUT2D eigenvalue weighted by molar-refractivity contribution is 0.0963. The summed E-state index contributed by atoms with van der Waals surface area (Å²) in [5, 5.41) is 16.0. The first-order valence-electron chi connectivity index (χ1n) is 9.45. The average Bonchev–Trinajstić information content (AvgIpc) is 3.43. The first-order chi connectivity index (χ1) is 14.5. The van der Waals surface area contributed by atoms with Gasteiger partial charge < -0.3 is 14.4 Å². The monoisotopic (exact) mass is 419 g/mol. The molecule has 8 heteroatoms. The standard InChI is InChI=1S/C22H21N5O2S/c1-14(30-22-25-24-13-27(22)3)17-5-4-6-18(11-17)20-12-19(26-29-20)15-7-9-16(10-8-15)21(28)23-2/h4-14H,1-3H3,(H,23,28)/t14-/m0/s1. The van der Waals surface area contributed by atoms with Crippen LogP contribution in [-0.4, -0.2) is 32.9 Å². The molecule has 0 bridgehead atoms. The van der Waals surface area contributed by atoms with Crippen molar-refractivity contribution in [2.24, 2.45) is 7.05 Å². The number of nitrogens with one attached hydrogen (secondary N) is 1. The van der Waals surface area contributed by atoms with Gasteiger partial charge in [0.25, 0.3) is 5.91 Å². The minimum absolute atomic E-state index is 0.118. The Labute approximate surface area is 178 Å². The molecule has 0 unspecified atom stereocenters. The van der Waals surface area contributed by atoms with Gasteiger partial charge in [-0.3, -0.25) is 4.79 Å². The van der Waals surface area contributed by atoms with Gasteiger partial charge in [-0.05, 0) is 30.7 Å².